The van der Waals surface area contributed by atoms with E-state index >= 15 is 0 Å². The minimum absolute atomic E-state index is 0.0623. The highest BCUT2D eigenvalue weighted by Crippen LogP contribution is 2.28. The Balaban J connectivity index is 1.33. The largest absolute Gasteiger partial charge is 0.368 e. The van der Waals surface area contributed by atoms with Crippen molar-refractivity contribution in [1.29, 1.82) is 0 Å². The van der Waals surface area contributed by atoms with Gasteiger partial charge in [-0.05, 0) is 25.1 Å². The zero-order valence-corrected chi connectivity index (χ0v) is 19.1. The first-order valence-electron chi connectivity index (χ1n) is 10.8. The Kier molecular flexibility index (Phi) is 5.62. The molecule has 0 unspecified atom stereocenters. The number of rotatable bonds is 4. The van der Waals surface area contributed by atoms with Gasteiger partial charge in [-0.25, -0.2) is 9.50 Å². The predicted octanol–water partition coefficient (Wildman–Crippen LogP) is 4.23. The molecule has 34 heavy (non-hydrogen) atoms. The summed E-state index contributed by atoms with van der Waals surface area (Å²) in [5, 5.41) is 16.1. The molecule has 1 aliphatic heterocycles. The number of aryl methyl sites for hydroxylation is 1. The molecular weight excluding hydrogens is 456 g/mol. The van der Waals surface area contributed by atoms with Crippen LogP contribution in [0.5, 0.6) is 0 Å². The van der Waals surface area contributed by atoms with Crippen molar-refractivity contribution in [2.45, 2.75) is 6.92 Å². The number of nitro groups is 1. The van der Waals surface area contributed by atoms with Crippen LogP contribution >= 0.6 is 11.6 Å². The number of carbonyl (C=O) groups excluding carboxylic acids is 1. The number of non-ortho nitro benzene ring substituents is 1. The van der Waals surface area contributed by atoms with Crippen LogP contribution < -0.4 is 4.90 Å². The number of anilines is 1. The van der Waals surface area contributed by atoms with Gasteiger partial charge in [0.1, 0.15) is 0 Å². The molecule has 9 nitrogen and oxygen atoms in total. The van der Waals surface area contributed by atoms with Crippen LogP contribution in [-0.4, -0.2) is 56.5 Å². The monoisotopic (exact) mass is 476 g/mol. The van der Waals surface area contributed by atoms with Crippen molar-refractivity contribution < 1.29 is 9.72 Å². The van der Waals surface area contributed by atoms with Crippen LogP contribution in [-0.2, 0) is 0 Å². The summed E-state index contributed by atoms with van der Waals surface area (Å²) < 4.78 is 1.68. The Morgan fingerprint density at radius 2 is 1.76 bits per heavy atom. The standard InChI is InChI=1S/C24H21ClN6O3/c1-16-20(15-26-23-14-22(27-30(16)23)19-4-2-3-5-21(19)25)24(32)29-12-10-28(11-13-29)17-6-8-18(9-7-17)31(33)34/h2-9,14-15H,10-13H2,1H3. The molecule has 172 valence electrons. The molecule has 2 aromatic carbocycles. The molecule has 1 saturated heterocycles. The zero-order valence-electron chi connectivity index (χ0n) is 18.4. The Bertz CT molecular complexity index is 1390. The van der Waals surface area contributed by atoms with E-state index in [9.17, 15) is 14.9 Å². The number of piperazine rings is 1. The highest BCUT2D eigenvalue weighted by atomic mass is 35.5. The molecule has 0 spiro atoms. The summed E-state index contributed by atoms with van der Waals surface area (Å²) in [4.78, 5) is 32.1. The number of carbonyl (C=O) groups is 1. The van der Waals surface area contributed by atoms with E-state index in [1.807, 2.05) is 37.3 Å². The molecule has 1 aliphatic rings. The van der Waals surface area contributed by atoms with Gasteiger partial charge in [-0.1, -0.05) is 29.8 Å². The Hall–Kier alpha value is -3.98. The molecule has 0 N–H and O–H groups in total. The third-order valence-electron chi connectivity index (χ3n) is 6.10. The maximum absolute atomic E-state index is 13.3. The molecule has 0 aliphatic carbocycles. The van der Waals surface area contributed by atoms with E-state index in [2.05, 4.69) is 15.0 Å². The average molecular weight is 477 g/mol. The van der Waals surface area contributed by atoms with Crippen molar-refractivity contribution in [2.24, 2.45) is 0 Å². The molecule has 1 amide bonds. The fraction of sp³-hybridized carbons (Fsp3) is 0.208. The number of hydrogen-bond donors (Lipinski definition) is 0. The van der Waals surface area contributed by atoms with Crippen molar-refractivity contribution in [2.75, 3.05) is 31.1 Å². The molecule has 2 aromatic heterocycles. The summed E-state index contributed by atoms with van der Waals surface area (Å²) in [6, 6.07) is 15.8. The first-order valence-corrected chi connectivity index (χ1v) is 11.2. The highest BCUT2D eigenvalue weighted by Gasteiger charge is 2.25. The van der Waals surface area contributed by atoms with Crippen molar-refractivity contribution >= 4 is 34.5 Å². The van der Waals surface area contributed by atoms with Gasteiger partial charge in [0.15, 0.2) is 5.65 Å². The number of nitrogens with zero attached hydrogens (tertiary/aromatic N) is 6. The second kappa shape index (κ2) is 8.75. The average Bonchev–Trinajstić information content (AvgIpc) is 3.29. The predicted molar refractivity (Wildman–Crippen MR) is 129 cm³/mol. The summed E-state index contributed by atoms with van der Waals surface area (Å²) in [6.07, 6.45) is 1.60. The van der Waals surface area contributed by atoms with Gasteiger partial charge in [0.25, 0.3) is 11.6 Å². The Labute approximate surface area is 200 Å². The minimum atomic E-state index is -0.412. The van der Waals surface area contributed by atoms with Gasteiger partial charge in [0, 0.05) is 61.8 Å². The fourth-order valence-corrected chi connectivity index (χ4v) is 4.41. The van der Waals surface area contributed by atoms with E-state index < -0.39 is 4.92 Å². The highest BCUT2D eigenvalue weighted by molar-refractivity contribution is 6.33. The van der Waals surface area contributed by atoms with Gasteiger partial charge in [0.05, 0.1) is 26.9 Å². The van der Waals surface area contributed by atoms with Crippen LogP contribution in [0, 0.1) is 17.0 Å². The Morgan fingerprint density at radius 3 is 2.44 bits per heavy atom. The molecule has 4 aromatic rings. The maximum atomic E-state index is 13.3. The molecular formula is C24H21ClN6O3. The molecule has 5 rings (SSSR count). The van der Waals surface area contributed by atoms with Crippen molar-refractivity contribution in [3.05, 3.63) is 87.2 Å². The molecule has 0 atom stereocenters. The summed E-state index contributed by atoms with van der Waals surface area (Å²) in [5.41, 5.74) is 4.34. The van der Waals surface area contributed by atoms with Crippen LogP contribution in [0.15, 0.2) is 60.8 Å². The van der Waals surface area contributed by atoms with E-state index in [-0.39, 0.29) is 11.6 Å². The number of nitro benzene ring substituents is 1. The van der Waals surface area contributed by atoms with E-state index in [1.165, 1.54) is 12.1 Å². The lowest BCUT2D eigenvalue weighted by Gasteiger charge is -2.36. The van der Waals surface area contributed by atoms with Crippen LogP contribution in [0.25, 0.3) is 16.9 Å². The van der Waals surface area contributed by atoms with Gasteiger partial charge >= 0.3 is 0 Å². The second-order valence-corrected chi connectivity index (χ2v) is 8.50. The van der Waals surface area contributed by atoms with Gasteiger partial charge < -0.3 is 9.80 Å². The number of fused-ring (bicyclic) bond motifs is 1. The number of amides is 1. The quantitative estimate of drug-likeness (QED) is 0.323. The maximum Gasteiger partial charge on any atom is 0.269 e. The van der Waals surface area contributed by atoms with E-state index in [1.54, 1.807) is 27.7 Å². The molecule has 0 radical (unpaired) electrons. The number of halogens is 1. The lowest BCUT2D eigenvalue weighted by molar-refractivity contribution is -0.384. The van der Waals surface area contributed by atoms with Crippen molar-refractivity contribution in [3.63, 3.8) is 0 Å². The zero-order chi connectivity index (χ0) is 23.8. The molecule has 3 heterocycles. The van der Waals surface area contributed by atoms with Crippen molar-refractivity contribution in [1.82, 2.24) is 19.5 Å². The van der Waals surface area contributed by atoms with Gasteiger partial charge in [-0.2, -0.15) is 5.10 Å². The van der Waals surface area contributed by atoms with Crippen LogP contribution in [0.2, 0.25) is 5.02 Å². The van der Waals surface area contributed by atoms with E-state index in [4.69, 9.17) is 11.6 Å². The topological polar surface area (TPSA) is 96.9 Å². The van der Waals surface area contributed by atoms with E-state index in [0.29, 0.717) is 53.8 Å². The molecule has 0 saturated carbocycles. The summed E-state index contributed by atoms with van der Waals surface area (Å²) in [5.74, 6) is -0.0926. The lowest BCUT2D eigenvalue weighted by atomic mass is 10.1. The molecule has 1 fully saturated rings. The van der Waals surface area contributed by atoms with Gasteiger partial charge in [-0.15, -0.1) is 0 Å². The van der Waals surface area contributed by atoms with Gasteiger partial charge in [0.2, 0.25) is 0 Å². The van der Waals surface area contributed by atoms with Crippen LogP contribution in [0.3, 0.4) is 0 Å². The number of benzene rings is 2. The minimum Gasteiger partial charge on any atom is -0.368 e. The Morgan fingerprint density at radius 1 is 1.06 bits per heavy atom. The lowest BCUT2D eigenvalue weighted by Crippen LogP contribution is -2.49. The number of aromatic nitrogens is 3. The number of hydrogen-bond acceptors (Lipinski definition) is 6. The smallest absolute Gasteiger partial charge is 0.269 e. The first-order chi connectivity index (χ1) is 16.4. The normalized spacial score (nSPS) is 13.9. The van der Waals surface area contributed by atoms with Gasteiger partial charge in [-0.3, -0.25) is 14.9 Å². The van der Waals surface area contributed by atoms with Crippen LogP contribution in [0.4, 0.5) is 11.4 Å². The fourth-order valence-electron chi connectivity index (χ4n) is 4.18. The summed E-state index contributed by atoms with van der Waals surface area (Å²) in [6.45, 7) is 4.21. The second-order valence-electron chi connectivity index (χ2n) is 8.09. The first kappa shape index (κ1) is 21.8. The molecule has 10 heteroatoms. The van der Waals surface area contributed by atoms with Crippen molar-refractivity contribution in [3.8, 4) is 11.3 Å². The molecule has 0 bridgehead atoms. The summed E-state index contributed by atoms with van der Waals surface area (Å²) >= 11 is 6.32. The third kappa shape index (κ3) is 3.94. The third-order valence-corrected chi connectivity index (χ3v) is 6.43. The van der Waals surface area contributed by atoms with E-state index in [0.717, 1.165) is 11.3 Å². The van der Waals surface area contributed by atoms with Crippen LogP contribution in [0.1, 0.15) is 16.1 Å². The summed E-state index contributed by atoms with van der Waals surface area (Å²) in [7, 11) is 0. The SMILES string of the molecule is Cc1c(C(=O)N2CCN(c3ccc([N+](=O)[O-])cc3)CC2)cnc2cc(-c3ccccc3Cl)nn12.